The van der Waals surface area contributed by atoms with Crippen LogP contribution in [0, 0.1) is 5.82 Å². The Hall–Kier alpha value is -2.36. The largest absolute Gasteiger partial charge is 0.507 e. The Morgan fingerprint density at radius 1 is 1.16 bits per heavy atom. The number of phenols is 1. The fourth-order valence-electron chi connectivity index (χ4n) is 1.87. The van der Waals surface area contributed by atoms with Gasteiger partial charge in [-0.05, 0) is 24.6 Å². The molecule has 3 nitrogen and oxygen atoms in total. The number of rotatable bonds is 3. The van der Waals surface area contributed by atoms with Gasteiger partial charge in [0, 0.05) is 11.1 Å². The molecular weight excluding hydrogens is 247 g/mol. The molecule has 0 aliphatic heterocycles. The molecule has 0 saturated carbocycles. The third-order valence-corrected chi connectivity index (χ3v) is 3.06. The van der Waals surface area contributed by atoms with Gasteiger partial charge in [-0.3, -0.25) is 4.79 Å². The van der Waals surface area contributed by atoms with Crippen LogP contribution in [0.2, 0.25) is 0 Å². The van der Waals surface area contributed by atoms with Crippen LogP contribution in [0.5, 0.6) is 5.75 Å². The van der Waals surface area contributed by atoms with Gasteiger partial charge in [-0.2, -0.15) is 0 Å². The molecule has 0 aliphatic carbocycles. The number of carboxylic acid groups (broad SMARTS) is 1. The molecule has 0 bridgehead atoms. The highest BCUT2D eigenvalue weighted by molar-refractivity contribution is 5.77. The molecule has 98 valence electrons. The van der Waals surface area contributed by atoms with Gasteiger partial charge in [-0.25, -0.2) is 4.39 Å². The first-order valence-corrected chi connectivity index (χ1v) is 5.81. The molecule has 2 N–H and O–H groups in total. The molecule has 1 unspecified atom stereocenters. The highest BCUT2D eigenvalue weighted by atomic mass is 19.1. The Bertz CT molecular complexity index is 623. The molecule has 0 fully saturated rings. The average molecular weight is 260 g/mol. The Labute approximate surface area is 109 Å². The van der Waals surface area contributed by atoms with Gasteiger partial charge in [-0.15, -0.1) is 0 Å². The molecule has 2 aromatic carbocycles. The number of aliphatic carboxylic acids is 1. The first-order chi connectivity index (χ1) is 9.00. The molecule has 1 atom stereocenters. The molecule has 0 aliphatic rings. The maximum Gasteiger partial charge on any atom is 0.310 e. The number of aromatic hydroxyl groups is 1. The molecule has 0 heterocycles. The van der Waals surface area contributed by atoms with Crippen LogP contribution in [0.3, 0.4) is 0 Å². The summed E-state index contributed by atoms with van der Waals surface area (Å²) in [5.74, 6) is -2.26. The highest BCUT2D eigenvalue weighted by Crippen LogP contribution is 2.33. The van der Waals surface area contributed by atoms with Crippen LogP contribution in [-0.4, -0.2) is 16.2 Å². The van der Waals surface area contributed by atoms with Gasteiger partial charge in [0.15, 0.2) is 0 Å². The highest BCUT2D eigenvalue weighted by Gasteiger charge is 2.16. The number of hydrogen-bond donors (Lipinski definition) is 2. The normalized spacial score (nSPS) is 12.1. The van der Waals surface area contributed by atoms with Crippen LogP contribution in [0.4, 0.5) is 4.39 Å². The minimum absolute atomic E-state index is 0.129. The predicted molar refractivity (Wildman–Crippen MR) is 69.6 cm³/mol. The predicted octanol–water partition coefficient (Wildman–Crippen LogP) is 3.39. The molecule has 0 radical (unpaired) electrons. The molecular formula is C15H13FO3. The van der Waals surface area contributed by atoms with E-state index in [4.69, 9.17) is 5.11 Å². The number of phenolic OH excluding ortho intramolecular Hbond substituents is 1. The van der Waals surface area contributed by atoms with E-state index in [2.05, 4.69) is 0 Å². The van der Waals surface area contributed by atoms with E-state index >= 15 is 0 Å². The molecule has 0 amide bonds. The summed E-state index contributed by atoms with van der Waals surface area (Å²) in [6.45, 7) is 1.53. The molecule has 4 heteroatoms. The van der Waals surface area contributed by atoms with Crippen molar-refractivity contribution in [3.05, 3.63) is 53.8 Å². The average Bonchev–Trinajstić information content (AvgIpc) is 2.38. The topological polar surface area (TPSA) is 57.5 Å². The number of benzene rings is 2. The van der Waals surface area contributed by atoms with Crippen LogP contribution in [0.1, 0.15) is 18.4 Å². The Morgan fingerprint density at radius 2 is 1.84 bits per heavy atom. The lowest BCUT2D eigenvalue weighted by Gasteiger charge is -2.11. The Balaban J connectivity index is 2.46. The summed E-state index contributed by atoms with van der Waals surface area (Å²) in [6, 6.07) is 10.6. The van der Waals surface area contributed by atoms with Crippen molar-refractivity contribution >= 4 is 5.97 Å². The van der Waals surface area contributed by atoms with E-state index in [1.54, 1.807) is 24.3 Å². The van der Waals surface area contributed by atoms with Crippen LogP contribution in [-0.2, 0) is 4.79 Å². The summed E-state index contributed by atoms with van der Waals surface area (Å²) in [4.78, 5) is 10.9. The quantitative estimate of drug-likeness (QED) is 0.889. The molecule has 0 spiro atoms. The van der Waals surface area contributed by atoms with Gasteiger partial charge >= 0.3 is 5.97 Å². The van der Waals surface area contributed by atoms with Gasteiger partial charge in [-0.1, -0.05) is 30.3 Å². The molecule has 19 heavy (non-hydrogen) atoms. The monoisotopic (exact) mass is 260 g/mol. The smallest absolute Gasteiger partial charge is 0.310 e. The van der Waals surface area contributed by atoms with E-state index < -0.39 is 17.7 Å². The molecule has 2 rings (SSSR count). The standard InChI is InChI=1S/C15H13FO3/c1-9(15(18)19)10-6-7-12(14(17)8-10)11-4-2-3-5-13(11)16/h2-9,17H,1H3,(H,18,19). The van der Waals surface area contributed by atoms with Gasteiger partial charge in [0.05, 0.1) is 5.92 Å². The van der Waals surface area contributed by atoms with Crippen molar-refractivity contribution in [3.8, 4) is 16.9 Å². The van der Waals surface area contributed by atoms with Crippen molar-refractivity contribution in [1.82, 2.24) is 0 Å². The summed E-state index contributed by atoms with van der Waals surface area (Å²) >= 11 is 0. The third-order valence-electron chi connectivity index (χ3n) is 3.06. The second-order valence-electron chi connectivity index (χ2n) is 4.32. The van der Waals surface area contributed by atoms with E-state index in [0.29, 0.717) is 11.1 Å². The summed E-state index contributed by atoms with van der Waals surface area (Å²) < 4.78 is 13.6. The molecule has 0 saturated heterocycles. The van der Waals surface area contributed by atoms with Crippen molar-refractivity contribution < 1.29 is 19.4 Å². The van der Waals surface area contributed by atoms with Gasteiger partial charge in [0.1, 0.15) is 11.6 Å². The van der Waals surface area contributed by atoms with E-state index in [0.717, 1.165) is 0 Å². The zero-order valence-electron chi connectivity index (χ0n) is 10.3. The number of carboxylic acids is 1. The van der Waals surface area contributed by atoms with E-state index in [1.807, 2.05) is 0 Å². The van der Waals surface area contributed by atoms with E-state index in [1.165, 1.54) is 25.1 Å². The van der Waals surface area contributed by atoms with Crippen LogP contribution in [0.25, 0.3) is 11.1 Å². The van der Waals surface area contributed by atoms with Gasteiger partial charge in [0.2, 0.25) is 0 Å². The first kappa shape index (κ1) is 13.1. The van der Waals surface area contributed by atoms with Crippen molar-refractivity contribution in [1.29, 1.82) is 0 Å². The van der Waals surface area contributed by atoms with Crippen molar-refractivity contribution in [2.75, 3.05) is 0 Å². The van der Waals surface area contributed by atoms with Crippen molar-refractivity contribution in [2.45, 2.75) is 12.8 Å². The second kappa shape index (κ2) is 5.10. The van der Waals surface area contributed by atoms with Crippen molar-refractivity contribution in [3.63, 3.8) is 0 Å². The van der Waals surface area contributed by atoms with Crippen molar-refractivity contribution in [2.24, 2.45) is 0 Å². The zero-order valence-corrected chi connectivity index (χ0v) is 10.3. The molecule has 0 aromatic heterocycles. The summed E-state index contributed by atoms with van der Waals surface area (Å²) in [6.07, 6.45) is 0. The summed E-state index contributed by atoms with van der Waals surface area (Å²) in [5.41, 5.74) is 1.11. The number of hydrogen-bond acceptors (Lipinski definition) is 2. The fourth-order valence-corrected chi connectivity index (χ4v) is 1.87. The van der Waals surface area contributed by atoms with Gasteiger partial charge < -0.3 is 10.2 Å². The summed E-state index contributed by atoms with van der Waals surface area (Å²) in [5, 5.41) is 18.9. The number of halogens is 1. The Kier molecular flexibility index (Phi) is 3.51. The van der Waals surface area contributed by atoms with Crippen LogP contribution in [0.15, 0.2) is 42.5 Å². The minimum Gasteiger partial charge on any atom is -0.507 e. The maximum absolute atomic E-state index is 13.6. The van der Waals surface area contributed by atoms with E-state index in [9.17, 15) is 14.3 Å². The van der Waals surface area contributed by atoms with Crippen LogP contribution >= 0.6 is 0 Å². The lowest BCUT2D eigenvalue weighted by Crippen LogP contribution is -2.07. The SMILES string of the molecule is CC(C(=O)O)c1ccc(-c2ccccc2F)c(O)c1. The van der Waals surface area contributed by atoms with Gasteiger partial charge in [0.25, 0.3) is 0 Å². The molecule has 2 aromatic rings. The maximum atomic E-state index is 13.6. The lowest BCUT2D eigenvalue weighted by molar-refractivity contribution is -0.138. The van der Waals surface area contributed by atoms with Crippen LogP contribution < -0.4 is 0 Å². The second-order valence-corrected chi connectivity index (χ2v) is 4.32. The first-order valence-electron chi connectivity index (χ1n) is 5.81. The lowest BCUT2D eigenvalue weighted by atomic mass is 9.96. The fraction of sp³-hybridized carbons (Fsp3) is 0.133. The van der Waals surface area contributed by atoms with E-state index in [-0.39, 0.29) is 11.3 Å². The Morgan fingerprint density at radius 3 is 2.42 bits per heavy atom. The zero-order chi connectivity index (χ0) is 14.0. The number of carbonyl (C=O) groups is 1. The third kappa shape index (κ3) is 2.57. The minimum atomic E-state index is -0.974. The summed E-state index contributed by atoms with van der Waals surface area (Å²) in [7, 11) is 0.